The second-order valence-corrected chi connectivity index (χ2v) is 6.10. The molecule has 28 heavy (non-hydrogen) atoms. The molecule has 0 fully saturated rings. The number of hydrogen-bond acceptors (Lipinski definition) is 6. The van der Waals surface area contributed by atoms with Gasteiger partial charge in [-0.2, -0.15) is 10.2 Å². The van der Waals surface area contributed by atoms with E-state index in [-0.39, 0.29) is 18.1 Å². The van der Waals surface area contributed by atoms with Crippen molar-refractivity contribution in [1.82, 2.24) is 25.0 Å². The van der Waals surface area contributed by atoms with Crippen LogP contribution in [0.3, 0.4) is 0 Å². The van der Waals surface area contributed by atoms with Gasteiger partial charge in [0.05, 0.1) is 29.7 Å². The van der Waals surface area contributed by atoms with Crippen LogP contribution in [0.4, 0.5) is 5.95 Å². The van der Waals surface area contributed by atoms with Crippen LogP contribution in [0.5, 0.6) is 0 Å². The Morgan fingerprint density at radius 3 is 2.50 bits per heavy atom. The van der Waals surface area contributed by atoms with E-state index in [9.17, 15) is 4.79 Å². The number of aryl methyl sites for hydroxylation is 1. The zero-order valence-corrected chi connectivity index (χ0v) is 15.1. The molecule has 0 atom stereocenters. The maximum atomic E-state index is 12.7. The normalized spacial score (nSPS) is 11.2. The maximum Gasteiger partial charge on any atom is 0.287 e. The van der Waals surface area contributed by atoms with E-state index in [4.69, 9.17) is 0 Å². The van der Waals surface area contributed by atoms with E-state index < -0.39 is 0 Å². The second kappa shape index (κ2) is 7.75. The predicted octanol–water partition coefficient (Wildman–Crippen LogP) is 3.61. The number of azo groups is 1. The smallest absolute Gasteiger partial charge is 0.287 e. The van der Waals surface area contributed by atoms with E-state index in [0.717, 1.165) is 16.9 Å². The molecule has 0 bridgehead atoms. The van der Waals surface area contributed by atoms with Gasteiger partial charge in [-0.25, -0.2) is 9.67 Å². The maximum absolute atomic E-state index is 12.7. The van der Waals surface area contributed by atoms with Gasteiger partial charge in [0.25, 0.3) is 11.5 Å². The van der Waals surface area contributed by atoms with Crippen molar-refractivity contribution in [2.45, 2.75) is 13.5 Å². The molecular formula is C20H17N7O. The van der Waals surface area contributed by atoms with Crippen LogP contribution in [0.1, 0.15) is 11.3 Å². The molecule has 0 unspecified atom stereocenters. The first-order valence-electron chi connectivity index (χ1n) is 8.71. The van der Waals surface area contributed by atoms with Gasteiger partial charge in [-0.15, -0.1) is 10.2 Å². The Balaban J connectivity index is 1.55. The van der Waals surface area contributed by atoms with Crippen LogP contribution in [-0.4, -0.2) is 25.0 Å². The van der Waals surface area contributed by atoms with Gasteiger partial charge in [0.1, 0.15) is 0 Å². The Morgan fingerprint density at radius 2 is 1.75 bits per heavy atom. The molecular weight excluding hydrogens is 354 g/mol. The molecule has 0 saturated heterocycles. The van der Waals surface area contributed by atoms with Crippen molar-refractivity contribution >= 4 is 5.95 Å². The minimum atomic E-state index is -0.153. The van der Waals surface area contributed by atoms with Crippen LogP contribution in [-0.2, 0) is 6.54 Å². The highest BCUT2D eigenvalue weighted by molar-refractivity contribution is 5.58. The average molecular weight is 371 g/mol. The van der Waals surface area contributed by atoms with E-state index in [1.807, 2.05) is 67.6 Å². The number of aromatic nitrogens is 5. The van der Waals surface area contributed by atoms with Crippen LogP contribution >= 0.6 is 0 Å². The summed E-state index contributed by atoms with van der Waals surface area (Å²) >= 11 is 0. The number of benzene rings is 2. The minimum absolute atomic E-state index is 0.125. The first-order chi connectivity index (χ1) is 13.7. The molecule has 4 aromatic rings. The van der Waals surface area contributed by atoms with Crippen molar-refractivity contribution in [2.24, 2.45) is 10.2 Å². The van der Waals surface area contributed by atoms with Crippen LogP contribution in [0.25, 0.3) is 16.9 Å². The molecule has 0 amide bonds. The molecule has 1 N–H and O–H groups in total. The summed E-state index contributed by atoms with van der Waals surface area (Å²) in [6.45, 7) is 1.96. The van der Waals surface area contributed by atoms with Crippen molar-refractivity contribution in [3.05, 3.63) is 88.5 Å². The van der Waals surface area contributed by atoms with Crippen LogP contribution < -0.4 is 5.56 Å². The van der Waals surface area contributed by atoms with Crippen molar-refractivity contribution in [1.29, 1.82) is 0 Å². The Morgan fingerprint density at radius 1 is 1.04 bits per heavy atom. The van der Waals surface area contributed by atoms with Crippen LogP contribution in [0, 0.1) is 6.92 Å². The Hall–Kier alpha value is -3.94. The van der Waals surface area contributed by atoms with Gasteiger partial charge < -0.3 is 0 Å². The quantitative estimate of drug-likeness (QED) is 0.541. The van der Waals surface area contributed by atoms with Crippen molar-refractivity contribution in [2.75, 3.05) is 0 Å². The SMILES string of the molecule is Cc1[nH]n(-c2ccccc2)c(=O)c1CN=Nc1nncc(-c2ccccc2)n1. The van der Waals surface area contributed by atoms with Gasteiger partial charge in [0.2, 0.25) is 0 Å². The molecule has 8 nitrogen and oxygen atoms in total. The summed E-state index contributed by atoms with van der Waals surface area (Å²) in [7, 11) is 0. The van der Waals surface area contributed by atoms with Crippen molar-refractivity contribution in [3.8, 4) is 16.9 Å². The zero-order chi connectivity index (χ0) is 19.3. The highest BCUT2D eigenvalue weighted by Gasteiger charge is 2.12. The Bertz CT molecular complexity index is 1160. The minimum Gasteiger partial charge on any atom is -0.295 e. The van der Waals surface area contributed by atoms with Crippen molar-refractivity contribution in [3.63, 3.8) is 0 Å². The lowest BCUT2D eigenvalue weighted by atomic mass is 10.2. The molecule has 2 aromatic carbocycles. The summed E-state index contributed by atoms with van der Waals surface area (Å²) < 4.78 is 1.49. The number of rotatable bonds is 5. The van der Waals surface area contributed by atoms with Crippen LogP contribution in [0.2, 0.25) is 0 Å². The topological polar surface area (TPSA) is 101 Å². The van der Waals surface area contributed by atoms with Gasteiger partial charge in [-0.1, -0.05) is 48.5 Å². The third-order valence-corrected chi connectivity index (χ3v) is 4.21. The molecule has 0 aliphatic carbocycles. The third-order valence-electron chi connectivity index (χ3n) is 4.21. The standard InChI is InChI=1S/C20H17N7O/c1-14-17(19(28)27(26-14)16-10-6-3-7-11-16)12-21-24-20-23-18(13-22-25-20)15-8-4-2-5-9-15/h2-11,13,26H,12H2,1H3. The third kappa shape index (κ3) is 3.61. The summed E-state index contributed by atoms with van der Waals surface area (Å²) in [6, 6.07) is 19.0. The fourth-order valence-electron chi connectivity index (χ4n) is 2.78. The number of nitrogens with one attached hydrogen (secondary N) is 1. The fraction of sp³-hybridized carbons (Fsp3) is 0.100. The van der Waals surface area contributed by atoms with E-state index in [1.165, 1.54) is 4.68 Å². The largest absolute Gasteiger partial charge is 0.295 e. The Labute approximate surface area is 160 Å². The molecule has 0 radical (unpaired) electrons. The number of aromatic amines is 1. The lowest BCUT2D eigenvalue weighted by Gasteiger charge is -1.99. The molecule has 0 saturated carbocycles. The summed E-state index contributed by atoms with van der Waals surface area (Å²) in [4.78, 5) is 17.0. The Kier molecular flexibility index (Phi) is 4.83. The first kappa shape index (κ1) is 17.5. The number of nitrogens with zero attached hydrogens (tertiary/aromatic N) is 6. The molecule has 4 rings (SSSR count). The number of hydrogen-bond donors (Lipinski definition) is 1. The molecule has 0 aliphatic heterocycles. The van der Waals surface area contributed by atoms with Gasteiger partial charge >= 0.3 is 0 Å². The summed E-state index contributed by atoms with van der Waals surface area (Å²) in [5.41, 5.74) is 3.47. The van der Waals surface area contributed by atoms with Gasteiger partial charge in [-0.05, 0) is 19.1 Å². The lowest BCUT2D eigenvalue weighted by Crippen LogP contribution is -2.16. The van der Waals surface area contributed by atoms with Gasteiger partial charge in [-0.3, -0.25) is 9.89 Å². The second-order valence-electron chi connectivity index (χ2n) is 6.10. The molecule has 138 valence electrons. The van der Waals surface area contributed by atoms with E-state index in [1.54, 1.807) is 6.20 Å². The fourth-order valence-corrected chi connectivity index (χ4v) is 2.78. The van der Waals surface area contributed by atoms with Gasteiger partial charge in [0.15, 0.2) is 0 Å². The summed E-state index contributed by atoms with van der Waals surface area (Å²) in [5, 5.41) is 19.0. The number of para-hydroxylation sites is 1. The van der Waals surface area contributed by atoms with Crippen molar-refractivity contribution < 1.29 is 0 Å². The zero-order valence-electron chi connectivity index (χ0n) is 15.1. The predicted molar refractivity (Wildman–Crippen MR) is 105 cm³/mol. The first-order valence-corrected chi connectivity index (χ1v) is 8.71. The molecule has 8 heteroatoms. The van der Waals surface area contributed by atoms with E-state index >= 15 is 0 Å². The van der Waals surface area contributed by atoms with Gasteiger partial charge in [0, 0.05) is 11.3 Å². The molecule has 2 heterocycles. The molecule has 0 spiro atoms. The average Bonchev–Trinajstić information content (AvgIpc) is 3.03. The number of H-pyrrole nitrogens is 1. The van der Waals surface area contributed by atoms with E-state index in [0.29, 0.717) is 11.3 Å². The highest BCUT2D eigenvalue weighted by atomic mass is 16.1. The molecule has 2 aromatic heterocycles. The molecule has 0 aliphatic rings. The lowest BCUT2D eigenvalue weighted by molar-refractivity contribution is 0.833. The van der Waals surface area contributed by atoms with E-state index in [2.05, 4.69) is 30.5 Å². The summed E-state index contributed by atoms with van der Waals surface area (Å²) in [6.07, 6.45) is 1.57. The monoisotopic (exact) mass is 371 g/mol. The summed E-state index contributed by atoms with van der Waals surface area (Å²) in [5.74, 6) is 0.151. The highest BCUT2D eigenvalue weighted by Crippen LogP contribution is 2.17. The van der Waals surface area contributed by atoms with Crippen LogP contribution in [0.15, 0.2) is 81.9 Å².